The number of halogens is 2. The molecule has 7 heteroatoms. The summed E-state index contributed by atoms with van der Waals surface area (Å²) >= 11 is 11.4. The lowest BCUT2D eigenvalue weighted by Gasteiger charge is -2.11. The van der Waals surface area contributed by atoms with Crippen LogP contribution in [0.3, 0.4) is 0 Å². The second kappa shape index (κ2) is 5.25. The molecule has 1 N–H and O–H groups in total. The largest absolute Gasteiger partial charge is 0.481 e. The van der Waals surface area contributed by atoms with E-state index in [1.807, 2.05) is 0 Å². The minimum Gasteiger partial charge on any atom is -0.481 e. The molecule has 1 aromatic carbocycles. The molecule has 0 saturated heterocycles. The number of rotatable bonds is 4. The molecule has 0 saturated carbocycles. The van der Waals surface area contributed by atoms with E-state index in [1.165, 1.54) is 25.1 Å². The van der Waals surface area contributed by atoms with E-state index < -0.39 is 27.5 Å². The average molecular weight is 297 g/mol. The van der Waals surface area contributed by atoms with Crippen LogP contribution in [0.2, 0.25) is 10.0 Å². The number of carbonyl (C=O) groups is 1. The first-order valence-corrected chi connectivity index (χ1v) is 6.96. The van der Waals surface area contributed by atoms with Gasteiger partial charge in [0, 0.05) is 0 Å². The maximum absolute atomic E-state index is 12.0. The van der Waals surface area contributed by atoms with Crippen LogP contribution >= 0.6 is 23.2 Å². The first kappa shape index (κ1) is 14.3. The van der Waals surface area contributed by atoms with Crippen molar-refractivity contribution in [2.75, 3.05) is 0 Å². The van der Waals surface area contributed by atoms with Gasteiger partial charge in [-0.3, -0.25) is 4.79 Å². The van der Waals surface area contributed by atoms with Gasteiger partial charge < -0.3 is 5.11 Å². The molecule has 1 unspecified atom stereocenters. The molecule has 0 heterocycles. The van der Waals surface area contributed by atoms with Gasteiger partial charge in [-0.05, 0) is 25.1 Å². The van der Waals surface area contributed by atoms with Crippen molar-refractivity contribution in [1.29, 1.82) is 0 Å². The van der Waals surface area contributed by atoms with Gasteiger partial charge in [0.05, 0.1) is 26.6 Å². The van der Waals surface area contributed by atoms with Crippen LogP contribution < -0.4 is 0 Å². The van der Waals surface area contributed by atoms with E-state index in [0.29, 0.717) is 0 Å². The Morgan fingerprint density at radius 1 is 1.35 bits per heavy atom. The molecule has 0 aliphatic rings. The van der Waals surface area contributed by atoms with E-state index in [2.05, 4.69) is 0 Å². The second-order valence-corrected chi connectivity index (χ2v) is 6.71. The fourth-order valence-electron chi connectivity index (χ4n) is 1.24. The normalized spacial score (nSPS) is 13.4. The molecule has 0 radical (unpaired) electrons. The monoisotopic (exact) mass is 296 g/mol. The molecular formula is C10H10Cl2O4S. The summed E-state index contributed by atoms with van der Waals surface area (Å²) in [6.45, 7) is 1.34. The molecule has 0 fully saturated rings. The van der Waals surface area contributed by atoms with Crippen molar-refractivity contribution >= 4 is 39.0 Å². The van der Waals surface area contributed by atoms with E-state index >= 15 is 0 Å². The summed E-state index contributed by atoms with van der Waals surface area (Å²) in [5.74, 6) is -1.17. The lowest BCUT2D eigenvalue weighted by molar-refractivity contribution is -0.136. The van der Waals surface area contributed by atoms with Gasteiger partial charge in [0.2, 0.25) is 0 Å². The third kappa shape index (κ3) is 3.34. The van der Waals surface area contributed by atoms with Crippen molar-refractivity contribution in [1.82, 2.24) is 0 Å². The molecule has 0 amide bonds. The Labute approximate surface area is 109 Å². The number of carboxylic acid groups (broad SMARTS) is 1. The minimum atomic E-state index is -3.70. The molecule has 0 spiro atoms. The predicted octanol–water partition coefficient (Wildman–Crippen LogP) is 2.63. The Morgan fingerprint density at radius 3 is 2.41 bits per heavy atom. The Kier molecular flexibility index (Phi) is 4.41. The highest BCUT2D eigenvalue weighted by atomic mass is 35.5. The first-order chi connectivity index (χ1) is 7.75. The van der Waals surface area contributed by atoms with E-state index in [-0.39, 0.29) is 14.9 Å². The fourth-order valence-corrected chi connectivity index (χ4v) is 2.97. The van der Waals surface area contributed by atoms with Crippen molar-refractivity contribution < 1.29 is 18.3 Å². The zero-order valence-electron chi connectivity index (χ0n) is 8.85. The summed E-state index contributed by atoms with van der Waals surface area (Å²) in [6, 6.07) is 3.89. The summed E-state index contributed by atoms with van der Waals surface area (Å²) in [7, 11) is -3.70. The van der Waals surface area contributed by atoms with Gasteiger partial charge in [-0.25, -0.2) is 8.42 Å². The van der Waals surface area contributed by atoms with Crippen LogP contribution in [0.5, 0.6) is 0 Å². The summed E-state index contributed by atoms with van der Waals surface area (Å²) < 4.78 is 23.9. The lowest BCUT2D eigenvalue weighted by Crippen LogP contribution is -2.21. The highest BCUT2D eigenvalue weighted by Crippen LogP contribution is 2.27. The summed E-state index contributed by atoms with van der Waals surface area (Å²) in [5.41, 5.74) is 0. The molecule has 0 aromatic heterocycles. The predicted molar refractivity (Wildman–Crippen MR) is 65.4 cm³/mol. The first-order valence-electron chi connectivity index (χ1n) is 4.66. The Bertz CT molecular complexity index is 539. The van der Waals surface area contributed by atoms with Gasteiger partial charge in [0.1, 0.15) is 0 Å². The van der Waals surface area contributed by atoms with Crippen LogP contribution in [0.25, 0.3) is 0 Å². The SMILES string of the molecule is CC(CC(=O)O)S(=O)(=O)c1ccc(Cl)c(Cl)c1. The van der Waals surface area contributed by atoms with Crippen LogP contribution in [0.1, 0.15) is 13.3 Å². The van der Waals surface area contributed by atoms with Crippen LogP contribution in [0.15, 0.2) is 23.1 Å². The van der Waals surface area contributed by atoms with Crippen molar-refractivity contribution in [3.63, 3.8) is 0 Å². The van der Waals surface area contributed by atoms with Gasteiger partial charge in [-0.15, -0.1) is 0 Å². The highest BCUT2D eigenvalue weighted by molar-refractivity contribution is 7.92. The van der Waals surface area contributed by atoms with E-state index in [9.17, 15) is 13.2 Å². The van der Waals surface area contributed by atoms with Gasteiger partial charge in [-0.1, -0.05) is 23.2 Å². The topological polar surface area (TPSA) is 71.4 Å². The van der Waals surface area contributed by atoms with Crippen molar-refractivity contribution in [2.24, 2.45) is 0 Å². The highest BCUT2D eigenvalue weighted by Gasteiger charge is 2.25. The van der Waals surface area contributed by atoms with Crippen molar-refractivity contribution in [3.05, 3.63) is 28.2 Å². The minimum absolute atomic E-state index is 0.0272. The molecule has 0 aliphatic carbocycles. The molecule has 1 aromatic rings. The number of sulfone groups is 1. The van der Waals surface area contributed by atoms with Gasteiger partial charge in [-0.2, -0.15) is 0 Å². The lowest BCUT2D eigenvalue weighted by atomic mass is 10.3. The van der Waals surface area contributed by atoms with Crippen LogP contribution in [-0.4, -0.2) is 24.7 Å². The molecule has 0 aliphatic heterocycles. The summed E-state index contributed by atoms with van der Waals surface area (Å²) in [6.07, 6.45) is -0.456. The maximum Gasteiger partial charge on any atom is 0.304 e. The Balaban J connectivity index is 3.13. The standard InChI is InChI=1S/C10H10Cl2O4S/c1-6(4-10(13)14)17(15,16)7-2-3-8(11)9(12)5-7/h2-3,5-6H,4H2,1H3,(H,13,14). The Morgan fingerprint density at radius 2 is 1.94 bits per heavy atom. The van der Waals surface area contributed by atoms with Gasteiger partial charge >= 0.3 is 5.97 Å². The van der Waals surface area contributed by atoms with Gasteiger partial charge in [0.25, 0.3) is 0 Å². The zero-order valence-corrected chi connectivity index (χ0v) is 11.2. The van der Waals surface area contributed by atoms with Crippen molar-refractivity contribution in [3.8, 4) is 0 Å². The second-order valence-electron chi connectivity index (χ2n) is 3.53. The average Bonchev–Trinajstić information content (AvgIpc) is 2.20. The number of hydrogen-bond donors (Lipinski definition) is 1. The quantitative estimate of drug-likeness (QED) is 0.927. The summed E-state index contributed by atoms with van der Waals surface area (Å²) in [5, 5.41) is 7.93. The van der Waals surface area contributed by atoms with E-state index in [4.69, 9.17) is 28.3 Å². The third-order valence-electron chi connectivity index (χ3n) is 2.21. The molecule has 4 nitrogen and oxygen atoms in total. The smallest absolute Gasteiger partial charge is 0.304 e. The van der Waals surface area contributed by atoms with Crippen LogP contribution in [0, 0.1) is 0 Å². The zero-order chi connectivity index (χ0) is 13.2. The fraction of sp³-hybridized carbons (Fsp3) is 0.300. The van der Waals surface area contributed by atoms with Crippen LogP contribution in [0.4, 0.5) is 0 Å². The molecular weight excluding hydrogens is 287 g/mol. The van der Waals surface area contributed by atoms with Crippen LogP contribution in [-0.2, 0) is 14.6 Å². The molecule has 1 rings (SSSR count). The van der Waals surface area contributed by atoms with E-state index in [0.717, 1.165) is 0 Å². The van der Waals surface area contributed by atoms with E-state index in [1.54, 1.807) is 0 Å². The summed E-state index contributed by atoms with van der Waals surface area (Å²) in [4.78, 5) is 10.5. The molecule has 94 valence electrons. The third-order valence-corrected chi connectivity index (χ3v) is 5.09. The number of benzene rings is 1. The number of aliphatic carboxylic acids is 1. The number of hydrogen-bond acceptors (Lipinski definition) is 3. The molecule has 1 atom stereocenters. The number of carboxylic acids is 1. The van der Waals surface area contributed by atoms with Gasteiger partial charge in [0.15, 0.2) is 9.84 Å². The molecule has 0 bridgehead atoms. The maximum atomic E-state index is 12.0. The molecule has 17 heavy (non-hydrogen) atoms. The Hall–Kier alpha value is -0.780. The van der Waals surface area contributed by atoms with Crippen molar-refractivity contribution in [2.45, 2.75) is 23.5 Å².